The molecule has 4 rings (SSSR count). The normalized spacial score (nSPS) is 10.7. The Bertz CT molecular complexity index is 1250. The van der Waals surface area contributed by atoms with Crippen molar-refractivity contribution in [2.75, 3.05) is 12.4 Å². The van der Waals surface area contributed by atoms with Crippen LogP contribution in [-0.4, -0.2) is 22.8 Å². The van der Waals surface area contributed by atoms with E-state index < -0.39 is 0 Å². The molecule has 1 heterocycles. The molecule has 1 N–H and O–H groups in total. The maximum atomic E-state index is 12.7. The molecule has 0 atom stereocenters. The number of hydrogen-bond donors (Lipinski definition) is 1. The molecule has 0 fully saturated rings. The molecule has 0 saturated heterocycles. The summed E-state index contributed by atoms with van der Waals surface area (Å²) in [5, 5.41) is 7.82. The Morgan fingerprint density at radius 2 is 1.62 bits per heavy atom. The number of carbonyl (C=O) groups is 1. The van der Waals surface area contributed by atoms with Gasteiger partial charge in [-0.25, -0.2) is 4.68 Å². The number of hydrogen-bond acceptors (Lipinski definition) is 4. The number of benzene rings is 3. The van der Waals surface area contributed by atoms with Crippen LogP contribution in [-0.2, 0) is 17.6 Å². The molecule has 6 heteroatoms. The SMILES string of the molecule is CCc1nn(-c2ccccc2)c(Oc2ccccc2OC)c1CCC(=O)Nc1ccc(C)cc1. The number of rotatable bonds is 9. The molecule has 1 aromatic heterocycles. The van der Waals surface area contributed by atoms with Gasteiger partial charge in [-0.3, -0.25) is 4.79 Å². The molecule has 1 amide bonds. The molecule has 0 aliphatic carbocycles. The van der Waals surface area contributed by atoms with Crippen molar-refractivity contribution in [3.8, 4) is 23.1 Å². The summed E-state index contributed by atoms with van der Waals surface area (Å²) in [6.45, 7) is 4.08. The van der Waals surface area contributed by atoms with E-state index in [-0.39, 0.29) is 5.91 Å². The number of aryl methyl sites for hydroxylation is 2. The molecule has 0 bridgehead atoms. The summed E-state index contributed by atoms with van der Waals surface area (Å²) in [5.74, 6) is 1.76. The molecule has 0 aliphatic rings. The predicted octanol–water partition coefficient (Wildman–Crippen LogP) is 6.12. The zero-order valence-electron chi connectivity index (χ0n) is 19.7. The smallest absolute Gasteiger partial charge is 0.226 e. The first-order valence-electron chi connectivity index (χ1n) is 11.4. The summed E-state index contributed by atoms with van der Waals surface area (Å²) < 4.78 is 13.7. The highest BCUT2D eigenvalue weighted by molar-refractivity contribution is 5.90. The quantitative estimate of drug-likeness (QED) is 0.330. The molecular weight excluding hydrogens is 426 g/mol. The molecule has 34 heavy (non-hydrogen) atoms. The first-order chi connectivity index (χ1) is 16.6. The van der Waals surface area contributed by atoms with Gasteiger partial charge in [0.15, 0.2) is 11.5 Å². The van der Waals surface area contributed by atoms with Gasteiger partial charge in [-0.05, 0) is 56.2 Å². The number of amides is 1. The Hall–Kier alpha value is -4.06. The lowest BCUT2D eigenvalue weighted by atomic mass is 10.1. The van der Waals surface area contributed by atoms with Gasteiger partial charge >= 0.3 is 0 Å². The van der Waals surface area contributed by atoms with Crippen molar-refractivity contribution < 1.29 is 14.3 Å². The van der Waals surface area contributed by atoms with E-state index in [1.165, 1.54) is 0 Å². The minimum Gasteiger partial charge on any atom is -0.493 e. The average molecular weight is 456 g/mol. The lowest BCUT2D eigenvalue weighted by Crippen LogP contribution is -2.12. The van der Waals surface area contributed by atoms with Crippen LogP contribution < -0.4 is 14.8 Å². The summed E-state index contributed by atoms with van der Waals surface area (Å²) in [6, 6.07) is 25.1. The van der Waals surface area contributed by atoms with Crippen molar-refractivity contribution in [3.05, 3.63) is 95.7 Å². The van der Waals surface area contributed by atoms with Crippen molar-refractivity contribution >= 4 is 11.6 Å². The fourth-order valence-electron chi connectivity index (χ4n) is 3.77. The van der Waals surface area contributed by atoms with Crippen molar-refractivity contribution in [1.29, 1.82) is 0 Å². The highest BCUT2D eigenvalue weighted by Crippen LogP contribution is 2.36. The number of aromatic nitrogens is 2. The number of anilines is 1. The topological polar surface area (TPSA) is 65.4 Å². The molecule has 6 nitrogen and oxygen atoms in total. The Labute approximate surface area is 200 Å². The van der Waals surface area contributed by atoms with Crippen molar-refractivity contribution in [3.63, 3.8) is 0 Å². The first kappa shape index (κ1) is 23.1. The van der Waals surface area contributed by atoms with Gasteiger partial charge in [-0.1, -0.05) is 55.0 Å². The monoisotopic (exact) mass is 455 g/mol. The van der Waals surface area contributed by atoms with Gasteiger partial charge in [-0.2, -0.15) is 5.10 Å². The second-order valence-corrected chi connectivity index (χ2v) is 8.00. The van der Waals surface area contributed by atoms with Crippen LogP contribution in [0.4, 0.5) is 5.69 Å². The summed E-state index contributed by atoms with van der Waals surface area (Å²) in [7, 11) is 1.62. The Morgan fingerprint density at radius 1 is 0.941 bits per heavy atom. The number of nitrogens with zero attached hydrogens (tertiary/aromatic N) is 2. The van der Waals surface area contributed by atoms with E-state index in [0.717, 1.165) is 34.6 Å². The van der Waals surface area contributed by atoms with Crippen molar-refractivity contribution in [1.82, 2.24) is 9.78 Å². The van der Waals surface area contributed by atoms with Crippen LogP contribution in [0.5, 0.6) is 17.4 Å². The second kappa shape index (κ2) is 10.7. The third kappa shape index (κ3) is 5.29. The summed E-state index contributed by atoms with van der Waals surface area (Å²) in [5.41, 5.74) is 4.64. The Morgan fingerprint density at radius 3 is 2.29 bits per heavy atom. The third-order valence-corrected chi connectivity index (χ3v) is 5.57. The van der Waals surface area contributed by atoms with Gasteiger partial charge in [0.1, 0.15) is 0 Å². The van der Waals surface area contributed by atoms with Crippen LogP contribution >= 0.6 is 0 Å². The van der Waals surface area contributed by atoms with E-state index >= 15 is 0 Å². The zero-order valence-corrected chi connectivity index (χ0v) is 19.7. The summed E-state index contributed by atoms with van der Waals surface area (Å²) in [6.07, 6.45) is 1.53. The molecule has 0 saturated carbocycles. The van der Waals surface area contributed by atoms with E-state index in [1.807, 2.05) is 85.8 Å². The van der Waals surface area contributed by atoms with E-state index in [0.29, 0.717) is 30.2 Å². The van der Waals surface area contributed by atoms with Crippen LogP contribution in [0, 0.1) is 6.92 Å². The van der Waals surface area contributed by atoms with Gasteiger partial charge in [0.25, 0.3) is 0 Å². The lowest BCUT2D eigenvalue weighted by Gasteiger charge is -2.14. The van der Waals surface area contributed by atoms with Crippen LogP contribution in [0.1, 0.15) is 30.2 Å². The van der Waals surface area contributed by atoms with Gasteiger partial charge < -0.3 is 14.8 Å². The summed E-state index contributed by atoms with van der Waals surface area (Å²) in [4.78, 5) is 12.7. The second-order valence-electron chi connectivity index (χ2n) is 8.00. The Balaban J connectivity index is 1.65. The average Bonchev–Trinajstić information content (AvgIpc) is 3.22. The van der Waals surface area contributed by atoms with E-state index in [1.54, 1.807) is 11.8 Å². The molecule has 0 spiro atoms. The van der Waals surface area contributed by atoms with Gasteiger partial charge in [0.05, 0.1) is 18.5 Å². The zero-order chi connectivity index (χ0) is 23.9. The predicted molar refractivity (Wildman–Crippen MR) is 134 cm³/mol. The summed E-state index contributed by atoms with van der Waals surface area (Å²) >= 11 is 0. The largest absolute Gasteiger partial charge is 0.493 e. The van der Waals surface area contributed by atoms with Crippen molar-refractivity contribution in [2.45, 2.75) is 33.1 Å². The molecular formula is C28H29N3O3. The number of ether oxygens (including phenoxy) is 2. The number of nitrogens with one attached hydrogen (secondary N) is 1. The minimum absolute atomic E-state index is 0.0541. The molecule has 3 aromatic carbocycles. The van der Waals surface area contributed by atoms with Crippen LogP contribution in [0.3, 0.4) is 0 Å². The van der Waals surface area contributed by atoms with Crippen LogP contribution in [0.2, 0.25) is 0 Å². The van der Waals surface area contributed by atoms with E-state index in [4.69, 9.17) is 14.6 Å². The number of methoxy groups -OCH3 is 1. The van der Waals surface area contributed by atoms with Crippen molar-refractivity contribution in [2.24, 2.45) is 0 Å². The number of para-hydroxylation sites is 3. The van der Waals surface area contributed by atoms with E-state index in [2.05, 4.69) is 12.2 Å². The first-order valence-corrected chi connectivity index (χ1v) is 11.4. The Kier molecular flexibility index (Phi) is 7.28. The molecule has 0 aliphatic heterocycles. The van der Waals surface area contributed by atoms with Crippen LogP contribution in [0.15, 0.2) is 78.9 Å². The molecule has 4 aromatic rings. The fourth-order valence-corrected chi connectivity index (χ4v) is 3.77. The molecule has 0 radical (unpaired) electrons. The van der Waals surface area contributed by atoms with E-state index in [9.17, 15) is 4.79 Å². The van der Waals surface area contributed by atoms with Crippen LogP contribution in [0.25, 0.3) is 5.69 Å². The fraction of sp³-hybridized carbons (Fsp3) is 0.214. The minimum atomic E-state index is -0.0541. The molecule has 0 unspecified atom stereocenters. The number of carbonyl (C=O) groups excluding carboxylic acids is 1. The van der Waals surface area contributed by atoms with Gasteiger partial charge in [0.2, 0.25) is 11.8 Å². The molecule has 174 valence electrons. The maximum Gasteiger partial charge on any atom is 0.226 e. The standard InChI is InChI=1S/C28H29N3O3/c1-4-24-23(18-19-27(32)29-21-16-14-20(2)15-17-21)28(31(30-24)22-10-6-5-7-11-22)34-26-13-9-8-12-25(26)33-3/h5-17H,4,18-19H2,1-3H3,(H,29,32). The third-order valence-electron chi connectivity index (χ3n) is 5.57. The maximum absolute atomic E-state index is 12.7. The highest BCUT2D eigenvalue weighted by atomic mass is 16.5. The van der Waals surface area contributed by atoms with Gasteiger partial charge in [-0.15, -0.1) is 0 Å². The lowest BCUT2D eigenvalue weighted by molar-refractivity contribution is -0.116. The van der Waals surface area contributed by atoms with Gasteiger partial charge in [0, 0.05) is 17.7 Å². The highest BCUT2D eigenvalue weighted by Gasteiger charge is 2.22.